The molecule has 1 aromatic heterocycles. The fourth-order valence-corrected chi connectivity index (χ4v) is 2.52. The van der Waals surface area contributed by atoms with Crippen LogP contribution in [0.2, 0.25) is 0 Å². The molecule has 0 radical (unpaired) electrons. The molecular formula is C14H23N3O3. The molecule has 112 valence electrons. The molecule has 1 unspecified atom stereocenters. The zero-order valence-electron chi connectivity index (χ0n) is 12.2. The highest BCUT2D eigenvalue weighted by Crippen LogP contribution is 2.05. The van der Waals surface area contributed by atoms with E-state index in [4.69, 9.17) is 4.74 Å². The quantitative estimate of drug-likeness (QED) is 0.770. The van der Waals surface area contributed by atoms with Gasteiger partial charge in [0, 0.05) is 31.9 Å². The molecule has 1 fully saturated rings. The van der Waals surface area contributed by atoms with Gasteiger partial charge >= 0.3 is 5.69 Å². The lowest BCUT2D eigenvalue weighted by atomic mass is 10.2. The maximum absolute atomic E-state index is 12.3. The lowest BCUT2D eigenvalue weighted by Gasteiger charge is -2.32. The van der Waals surface area contributed by atoms with E-state index in [9.17, 15) is 9.59 Å². The number of aromatic nitrogens is 2. The molecule has 0 aromatic carbocycles. The van der Waals surface area contributed by atoms with Crippen LogP contribution in [0.5, 0.6) is 0 Å². The average molecular weight is 281 g/mol. The molecule has 1 aliphatic rings. The summed E-state index contributed by atoms with van der Waals surface area (Å²) in [5, 5.41) is 0. The number of hydrogen-bond acceptors (Lipinski definition) is 4. The van der Waals surface area contributed by atoms with Crippen molar-refractivity contribution in [2.24, 2.45) is 0 Å². The van der Waals surface area contributed by atoms with Crippen LogP contribution in [0.25, 0.3) is 0 Å². The fraction of sp³-hybridized carbons (Fsp3) is 0.714. The van der Waals surface area contributed by atoms with Crippen molar-refractivity contribution in [2.75, 3.05) is 26.2 Å². The van der Waals surface area contributed by atoms with Crippen molar-refractivity contribution in [3.05, 3.63) is 33.1 Å². The Morgan fingerprint density at radius 3 is 2.85 bits per heavy atom. The molecule has 0 aliphatic carbocycles. The number of hydrogen-bond donors (Lipinski definition) is 0. The molecule has 1 atom stereocenters. The Bertz CT molecular complexity index is 549. The topological polar surface area (TPSA) is 56.5 Å². The highest BCUT2D eigenvalue weighted by Gasteiger charge is 2.21. The molecule has 20 heavy (non-hydrogen) atoms. The van der Waals surface area contributed by atoms with Gasteiger partial charge in [0.1, 0.15) is 0 Å². The summed E-state index contributed by atoms with van der Waals surface area (Å²) < 4.78 is 8.55. The first-order valence-electron chi connectivity index (χ1n) is 7.30. The van der Waals surface area contributed by atoms with Gasteiger partial charge in [0.05, 0.1) is 19.3 Å². The molecule has 6 nitrogen and oxygen atoms in total. The van der Waals surface area contributed by atoms with Gasteiger partial charge in [-0.3, -0.25) is 14.3 Å². The van der Waals surface area contributed by atoms with E-state index in [2.05, 4.69) is 11.8 Å². The van der Waals surface area contributed by atoms with E-state index in [1.165, 1.54) is 10.6 Å². The second kappa shape index (κ2) is 6.85. The molecule has 1 aliphatic heterocycles. The van der Waals surface area contributed by atoms with Crippen LogP contribution in [0.3, 0.4) is 0 Å². The van der Waals surface area contributed by atoms with Gasteiger partial charge in [-0.15, -0.1) is 0 Å². The first-order chi connectivity index (χ1) is 9.65. The zero-order valence-corrected chi connectivity index (χ0v) is 12.2. The summed E-state index contributed by atoms with van der Waals surface area (Å²) in [4.78, 5) is 26.4. The minimum absolute atomic E-state index is 0.0911. The minimum Gasteiger partial charge on any atom is -0.374 e. The molecule has 2 heterocycles. The van der Waals surface area contributed by atoms with Gasteiger partial charge in [0.25, 0.3) is 5.56 Å². The van der Waals surface area contributed by atoms with Crippen LogP contribution in [0.1, 0.15) is 20.3 Å². The van der Waals surface area contributed by atoms with E-state index in [1.807, 2.05) is 6.92 Å². The van der Waals surface area contributed by atoms with Crippen LogP contribution < -0.4 is 11.2 Å². The number of ether oxygens (including phenoxy) is 1. The maximum Gasteiger partial charge on any atom is 0.331 e. The van der Waals surface area contributed by atoms with Crippen LogP contribution in [0, 0.1) is 0 Å². The molecule has 1 aromatic rings. The number of rotatable bonds is 5. The summed E-state index contributed by atoms with van der Waals surface area (Å²) in [5.74, 6) is 0. The van der Waals surface area contributed by atoms with Crippen molar-refractivity contribution in [3.8, 4) is 0 Å². The van der Waals surface area contributed by atoms with Gasteiger partial charge in [-0.25, -0.2) is 4.79 Å². The first kappa shape index (κ1) is 15.0. The average Bonchev–Trinajstić information content (AvgIpc) is 2.47. The van der Waals surface area contributed by atoms with Crippen LogP contribution in [-0.2, 0) is 17.8 Å². The van der Waals surface area contributed by atoms with E-state index in [0.717, 1.165) is 26.1 Å². The summed E-state index contributed by atoms with van der Waals surface area (Å²) in [6.07, 6.45) is 2.35. The Morgan fingerprint density at radius 2 is 2.15 bits per heavy atom. The number of likely N-dealkylation sites (N-methyl/N-ethyl adjacent to an activating group) is 1. The highest BCUT2D eigenvalue weighted by molar-refractivity contribution is 4.87. The molecule has 6 heteroatoms. The third kappa shape index (κ3) is 3.37. The summed E-state index contributed by atoms with van der Waals surface area (Å²) in [5.41, 5.74) is -0.490. The Hall–Kier alpha value is -1.40. The summed E-state index contributed by atoms with van der Waals surface area (Å²) in [6, 6.07) is 1.46. The van der Waals surface area contributed by atoms with Crippen molar-refractivity contribution in [3.63, 3.8) is 0 Å². The lowest BCUT2D eigenvalue weighted by Crippen LogP contribution is -2.48. The van der Waals surface area contributed by atoms with Gasteiger partial charge < -0.3 is 9.30 Å². The molecule has 0 bridgehead atoms. The smallest absolute Gasteiger partial charge is 0.331 e. The Morgan fingerprint density at radius 1 is 1.35 bits per heavy atom. The minimum atomic E-state index is -0.250. The SMILES string of the molecule is CCCn1ccc(=O)n(CC2CN(CC)CCO2)c1=O. The normalized spacial score (nSPS) is 20.2. The van der Waals surface area contributed by atoms with Gasteiger partial charge in [0.15, 0.2) is 0 Å². The van der Waals surface area contributed by atoms with Crippen LogP contribution in [0.15, 0.2) is 21.9 Å². The van der Waals surface area contributed by atoms with Crippen molar-refractivity contribution in [1.29, 1.82) is 0 Å². The zero-order chi connectivity index (χ0) is 14.5. The number of aryl methyl sites for hydroxylation is 1. The second-order valence-corrected chi connectivity index (χ2v) is 5.13. The van der Waals surface area contributed by atoms with Crippen molar-refractivity contribution < 1.29 is 4.74 Å². The molecular weight excluding hydrogens is 258 g/mol. The van der Waals surface area contributed by atoms with Crippen molar-refractivity contribution >= 4 is 0 Å². The number of nitrogens with zero attached hydrogens (tertiary/aromatic N) is 3. The predicted octanol–water partition coefficient (Wildman–Crippen LogP) is 0.141. The second-order valence-electron chi connectivity index (χ2n) is 5.13. The standard InChI is InChI=1S/C14H23N3O3/c1-3-6-16-7-5-13(18)17(14(16)19)11-12-10-15(4-2)8-9-20-12/h5,7,12H,3-4,6,8-11H2,1-2H3. The summed E-state index contributed by atoms with van der Waals surface area (Å²) in [7, 11) is 0. The fourth-order valence-electron chi connectivity index (χ4n) is 2.52. The molecule has 0 saturated carbocycles. The van der Waals surface area contributed by atoms with Gasteiger partial charge in [0.2, 0.25) is 0 Å². The van der Waals surface area contributed by atoms with Crippen LogP contribution in [0.4, 0.5) is 0 Å². The third-order valence-electron chi connectivity index (χ3n) is 3.66. The summed E-state index contributed by atoms with van der Waals surface area (Å²) in [6.45, 7) is 8.37. The molecule has 2 rings (SSSR count). The predicted molar refractivity (Wildman–Crippen MR) is 77.1 cm³/mol. The van der Waals surface area contributed by atoms with E-state index in [-0.39, 0.29) is 17.4 Å². The monoisotopic (exact) mass is 281 g/mol. The lowest BCUT2D eigenvalue weighted by molar-refractivity contribution is -0.0354. The largest absolute Gasteiger partial charge is 0.374 e. The Labute approximate surface area is 118 Å². The molecule has 0 N–H and O–H groups in total. The van der Waals surface area contributed by atoms with Crippen LogP contribution in [-0.4, -0.2) is 46.4 Å². The molecule has 0 amide bonds. The Balaban J connectivity index is 2.18. The van der Waals surface area contributed by atoms with Crippen molar-refractivity contribution in [2.45, 2.75) is 39.5 Å². The highest BCUT2D eigenvalue weighted by atomic mass is 16.5. The number of morpholine rings is 1. The van der Waals surface area contributed by atoms with E-state index in [0.29, 0.717) is 19.7 Å². The van der Waals surface area contributed by atoms with E-state index in [1.54, 1.807) is 10.8 Å². The van der Waals surface area contributed by atoms with Gasteiger partial charge in [-0.05, 0) is 13.0 Å². The summed E-state index contributed by atoms with van der Waals surface area (Å²) >= 11 is 0. The maximum atomic E-state index is 12.3. The van der Waals surface area contributed by atoms with Crippen molar-refractivity contribution in [1.82, 2.24) is 14.0 Å². The van der Waals surface area contributed by atoms with E-state index < -0.39 is 0 Å². The molecule has 0 spiro atoms. The third-order valence-corrected chi connectivity index (χ3v) is 3.66. The van der Waals surface area contributed by atoms with Crippen LogP contribution >= 0.6 is 0 Å². The van der Waals surface area contributed by atoms with Gasteiger partial charge in [-0.2, -0.15) is 0 Å². The van der Waals surface area contributed by atoms with E-state index >= 15 is 0 Å². The molecule has 1 saturated heterocycles. The van der Waals surface area contributed by atoms with Gasteiger partial charge in [-0.1, -0.05) is 13.8 Å². The first-order valence-corrected chi connectivity index (χ1v) is 7.30. The Kier molecular flexibility index (Phi) is 5.14.